The number of anilines is 1. The highest BCUT2D eigenvalue weighted by Gasteiger charge is 2.17. The summed E-state index contributed by atoms with van der Waals surface area (Å²) in [6, 6.07) is 6.23. The summed E-state index contributed by atoms with van der Waals surface area (Å²) in [6.07, 6.45) is 1.31. The van der Waals surface area contributed by atoms with Gasteiger partial charge in [-0.05, 0) is 34.1 Å². The van der Waals surface area contributed by atoms with E-state index in [1.54, 1.807) is 0 Å². The average Bonchev–Trinajstić information content (AvgIpc) is 2.83. The fourth-order valence-electron chi connectivity index (χ4n) is 1.21. The third-order valence-corrected chi connectivity index (χ3v) is 6.00. The minimum Gasteiger partial charge on any atom is -0.277 e. The first-order chi connectivity index (χ1) is 8.92. The molecule has 0 unspecified atom stereocenters. The predicted molar refractivity (Wildman–Crippen MR) is 76.8 cm³/mol. The lowest BCUT2D eigenvalue weighted by atomic mass is 10.4. The number of hydrogen-bond acceptors (Lipinski definition) is 5. The quantitative estimate of drug-likeness (QED) is 0.831. The Balaban J connectivity index is 2.31. The molecular weight excluding hydrogens is 374 g/mol. The minimum absolute atomic E-state index is 0.0649. The molecular formula is C10H5BrClN3O2S2. The van der Waals surface area contributed by atoms with Crippen molar-refractivity contribution in [1.82, 2.24) is 4.98 Å². The molecule has 0 saturated heterocycles. The summed E-state index contributed by atoms with van der Waals surface area (Å²) in [6.45, 7) is 0. The van der Waals surface area contributed by atoms with Gasteiger partial charge in [-0.3, -0.25) is 4.72 Å². The number of rotatable bonds is 3. The molecule has 0 fully saturated rings. The van der Waals surface area contributed by atoms with Crippen molar-refractivity contribution >= 4 is 54.6 Å². The first kappa shape index (κ1) is 14.3. The largest absolute Gasteiger partial charge is 0.277 e. The lowest BCUT2D eigenvalue weighted by Crippen LogP contribution is -2.11. The number of nitrogens with one attached hydrogen (secondary N) is 1. The maximum absolute atomic E-state index is 12.0. The molecule has 0 amide bonds. The van der Waals surface area contributed by atoms with E-state index in [1.807, 2.05) is 6.07 Å². The van der Waals surface area contributed by atoms with Gasteiger partial charge in [0.05, 0.1) is 16.4 Å². The molecule has 19 heavy (non-hydrogen) atoms. The van der Waals surface area contributed by atoms with Crippen molar-refractivity contribution in [2.75, 3.05) is 4.72 Å². The van der Waals surface area contributed by atoms with E-state index in [0.717, 1.165) is 11.3 Å². The fraction of sp³-hybridized carbons (Fsp3) is 0. The van der Waals surface area contributed by atoms with Crippen molar-refractivity contribution in [2.24, 2.45) is 0 Å². The van der Waals surface area contributed by atoms with Gasteiger partial charge in [-0.25, -0.2) is 13.4 Å². The number of pyridine rings is 1. The molecule has 98 valence electrons. The molecule has 0 saturated carbocycles. The molecule has 0 spiro atoms. The molecule has 2 heterocycles. The van der Waals surface area contributed by atoms with Gasteiger partial charge in [-0.2, -0.15) is 5.26 Å². The first-order valence-electron chi connectivity index (χ1n) is 4.76. The van der Waals surface area contributed by atoms with Crippen LogP contribution in [0, 0.1) is 11.3 Å². The van der Waals surface area contributed by atoms with Gasteiger partial charge in [-0.1, -0.05) is 11.6 Å². The van der Waals surface area contributed by atoms with Crippen LogP contribution in [0.15, 0.2) is 33.1 Å². The molecule has 2 rings (SSSR count). The number of thiophene rings is 1. The van der Waals surface area contributed by atoms with Gasteiger partial charge in [0.2, 0.25) is 0 Å². The van der Waals surface area contributed by atoms with E-state index < -0.39 is 10.0 Å². The normalized spacial score (nSPS) is 11.0. The molecule has 0 aromatic carbocycles. The third kappa shape index (κ3) is 3.25. The van der Waals surface area contributed by atoms with Gasteiger partial charge in [0.25, 0.3) is 10.0 Å². The summed E-state index contributed by atoms with van der Waals surface area (Å²) in [7, 11) is -3.72. The predicted octanol–water partition coefficient (Wildman–Crippen LogP) is 3.23. The van der Waals surface area contributed by atoms with Gasteiger partial charge in [0, 0.05) is 0 Å². The lowest BCUT2D eigenvalue weighted by Gasteiger charge is -2.06. The molecule has 0 aliphatic heterocycles. The van der Waals surface area contributed by atoms with Crippen LogP contribution in [0.1, 0.15) is 4.88 Å². The molecule has 2 aromatic rings. The zero-order valence-corrected chi connectivity index (χ0v) is 13.1. The van der Waals surface area contributed by atoms with Gasteiger partial charge >= 0.3 is 0 Å². The van der Waals surface area contributed by atoms with Crippen LogP contribution >= 0.6 is 38.9 Å². The molecule has 2 aromatic heterocycles. The second-order valence-electron chi connectivity index (χ2n) is 3.33. The third-order valence-electron chi connectivity index (χ3n) is 2.00. The van der Waals surface area contributed by atoms with Crippen molar-refractivity contribution in [3.05, 3.63) is 38.9 Å². The van der Waals surface area contributed by atoms with Crippen LogP contribution in [-0.4, -0.2) is 13.4 Å². The standard InChI is InChI=1S/C10H5BrClN3O2S2/c11-8-3-6(5-14-10(8)12)15-19(16,17)9-2-1-7(4-13)18-9/h1-3,5,15H. The maximum Gasteiger partial charge on any atom is 0.271 e. The van der Waals surface area contributed by atoms with E-state index >= 15 is 0 Å². The second-order valence-corrected chi connectivity index (χ2v) is 7.54. The van der Waals surface area contributed by atoms with E-state index in [9.17, 15) is 8.42 Å². The number of nitriles is 1. The molecule has 0 aliphatic carbocycles. The Morgan fingerprint density at radius 2 is 2.21 bits per heavy atom. The Morgan fingerprint density at radius 3 is 2.79 bits per heavy atom. The van der Waals surface area contributed by atoms with Crippen LogP contribution < -0.4 is 4.72 Å². The average molecular weight is 379 g/mol. The fourth-order valence-corrected chi connectivity index (χ4v) is 3.80. The number of nitrogens with zero attached hydrogens (tertiary/aromatic N) is 2. The maximum atomic E-state index is 12.0. The van der Waals surface area contributed by atoms with Gasteiger partial charge < -0.3 is 0 Å². The highest BCUT2D eigenvalue weighted by molar-refractivity contribution is 9.10. The Kier molecular flexibility index (Phi) is 4.10. The van der Waals surface area contributed by atoms with E-state index in [1.165, 1.54) is 24.4 Å². The lowest BCUT2D eigenvalue weighted by molar-refractivity contribution is 0.603. The van der Waals surface area contributed by atoms with Crippen molar-refractivity contribution in [3.8, 4) is 6.07 Å². The van der Waals surface area contributed by atoms with E-state index in [4.69, 9.17) is 16.9 Å². The van der Waals surface area contributed by atoms with Crippen LogP contribution in [0.25, 0.3) is 0 Å². The van der Waals surface area contributed by atoms with Gasteiger partial charge in [0.1, 0.15) is 20.3 Å². The molecule has 0 atom stereocenters. The van der Waals surface area contributed by atoms with E-state index in [2.05, 4.69) is 25.6 Å². The summed E-state index contributed by atoms with van der Waals surface area (Å²) in [5.41, 5.74) is 0.281. The van der Waals surface area contributed by atoms with E-state index in [0.29, 0.717) is 9.35 Å². The Bertz CT molecular complexity index is 767. The van der Waals surface area contributed by atoms with Crippen molar-refractivity contribution in [3.63, 3.8) is 0 Å². The Morgan fingerprint density at radius 1 is 1.47 bits per heavy atom. The summed E-state index contributed by atoms with van der Waals surface area (Å²) >= 11 is 9.77. The molecule has 5 nitrogen and oxygen atoms in total. The molecule has 9 heteroatoms. The topological polar surface area (TPSA) is 82.8 Å². The number of hydrogen-bond donors (Lipinski definition) is 1. The summed E-state index contributed by atoms with van der Waals surface area (Å²) < 4.78 is 27.0. The van der Waals surface area contributed by atoms with E-state index in [-0.39, 0.29) is 15.0 Å². The zero-order chi connectivity index (χ0) is 14.0. The summed E-state index contributed by atoms with van der Waals surface area (Å²) in [4.78, 5) is 4.15. The van der Waals surface area contributed by atoms with Crippen LogP contribution in [0.4, 0.5) is 5.69 Å². The zero-order valence-electron chi connectivity index (χ0n) is 9.09. The second kappa shape index (κ2) is 5.46. The number of aromatic nitrogens is 1. The minimum atomic E-state index is -3.72. The Labute approximate surface area is 127 Å². The van der Waals surface area contributed by atoms with Crippen molar-refractivity contribution in [2.45, 2.75) is 4.21 Å². The molecule has 0 radical (unpaired) electrons. The van der Waals surface area contributed by atoms with Crippen LogP contribution in [0.2, 0.25) is 5.15 Å². The van der Waals surface area contributed by atoms with Crippen LogP contribution in [0.5, 0.6) is 0 Å². The monoisotopic (exact) mass is 377 g/mol. The smallest absolute Gasteiger partial charge is 0.271 e. The number of halogens is 2. The number of sulfonamides is 1. The highest BCUT2D eigenvalue weighted by Crippen LogP contribution is 2.26. The SMILES string of the molecule is N#Cc1ccc(S(=O)(=O)Nc2cnc(Cl)c(Br)c2)s1. The van der Waals surface area contributed by atoms with Crippen LogP contribution in [-0.2, 0) is 10.0 Å². The first-order valence-corrected chi connectivity index (χ1v) is 8.23. The van der Waals surface area contributed by atoms with Crippen molar-refractivity contribution in [1.29, 1.82) is 5.26 Å². The van der Waals surface area contributed by atoms with Crippen molar-refractivity contribution < 1.29 is 8.42 Å². The van der Waals surface area contributed by atoms with Crippen LogP contribution in [0.3, 0.4) is 0 Å². The molecule has 1 N–H and O–H groups in total. The molecule has 0 bridgehead atoms. The summed E-state index contributed by atoms with van der Waals surface area (Å²) in [5.74, 6) is 0. The highest BCUT2D eigenvalue weighted by atomic mass is 79.9. The van der Waals surface area contributed by atoms with Gasteiger partial charge in [0.15, 0.2) is 0 Å². The Hall–Kier alpha value is -1.14. The van der Waals surface area contributed by atoms with Gasteiger partial charge in [-0.15, -0.1) is 11.3 Å². The molecule has 0 aliphatic rings. The summed E-state index contributed by atoms with van der Waals surface area (Å²) in [5, 5.41) is 8.93.